The fourth-order valence-corrected chi connectivity index (χ4v) is 4.02. The average Bonchev–Trinajstić information content (AvgIpc) is 2.80. The number of rotatable bonds is 10. The average molecular weight is 464 g/mol. The van der Waals surface area contributed by atoms with Crippen LogP contribution in [-0.4, -0.2) is 55.3 Å². The first-order chi connectivity index (χ1) is 15.6. The molecule has 9 nitrogen and oxygen atoms in total. The minimum atomic E-state index is -1.21. The van der Waals surface area contributed by atoms with Gasteiger partial charge in [-0.3, -0.25) is 19.6 Å². The van der Waals surface area contributed by atoms with E-state index >= 15 is 0 Å². The quantitative estimate of drug-likeness (QED) is 0.310. The second-order valence-corrected chi connectivity index (χ2v) is 9.52. The van der Waals surface area contributed by atoms with E-state index in [1.54, 1.807) is 5.48 Å². The van der Waals surface area contributed by atoms with Crippen molar-refractivity contribution in [3.05, 3.63) is 29.8 Å². The van der Waals surface area contributed by atoms with Crippen LogP contribution in [0, 0.1) is 17.3 Å². The SMILES string of the molecule is CCCO[C@H](C(=O)NO)[C@@H](CC1COc2ccccc2C1)C(=O)N[C@H](C(=O)NC)C(C)(C)C. The molecule has 0 saturated carbocycles. The largest absolute Gasteiger partial charge is 0.493 e. The zero-order valence-electron chi connectivity index (χ0n) is 20.1. The van der Waals surface area contributed by atoms with E-state index in [0.29, 0.717) is 19.4 Å². The number of para-hydroxylation sites is 1. The van der Waals surface area contributed by atoms with E-state index < -0.39 is 35.3 Å². The van der Waals surface area contributed by atoms with E-state index in [1.807, 2.05) is 52.0 Å². The number of amides is 3. The van der Waals surface area contributed by atoms with Gasteiger partial charge in [-0.05, 0) is 42.2 Å². The highest BCUT2D eigenvalue weighted by Crippen LogP contribution is 2.32. The molecular formula is C24H37N3O6. The third-order valence-corrected chi connectivity index (χ3v) is 5.78. The van der Waals surface area contributed by atoms with Crippen LogP contribution in [0.3, 0.4) is 0 Å². The monoisotopic (exact) mass is 463 g/mol. The summed E-state index contributed by atoms with van der Waals surface area (Å²) >= 11 is 0. The number of benzene rings is 1. The molecule has 184 valence electrons. The minimum absolute atomic E-state index is 0.0528. The lowest BCUT2D eigenvalue weighted by atomic mass is 9.82. The van der Waals surface area contributed by atoms with Crippen molar-refractivity contribution in [1.29, 1.82) is 0 Å². The minimum Gasteiger partial charge on any atom is -0.493 e. The summed E-state index contributed by atoms with van der Waals surface area (Å²) in [4.78, 5) is 38.5. The zero-order chi connectivity index (χ0) is 24.6. The van der Waals surface area contributed by atoms with Crippen LogP contribution in [0.4, 0.5) is 0 Å². The molecule has 9 heteroatoms. The highest BCUT2D eigenvalue weighted by molar-refractivity contribution is 5.92. The van der Waals surface area contributed by atoms with Crippen LogP contribution in [0.1, 0.15) is 46.1 Å². The first-order valence-electron chi connectivity index (χ1n) is 11.4. The number of hydroxylamine groups is 1. The molecule has 0 fully saturated rings. The summed E-state index contributed by atoms with van der Waals surface area (Å²) < 4.78 is 11.6. The van der Waals surface area contributed by atoms with Crippen molar-refractivity contribution >= 4 is 17.7 Å². The molecule has 0 aromatic heterocycles. The summed E-state index contributed by atoms with van der Waals surface area (Å²) in [5.41, 5.74) is 2.09. The molecule has 0 bridgehead atoms. The fourth-order valence-electron chi connectivity index (χ4n) is 4.02. The molecule has 1 heterocycles. The zero-order valence-corrected chi connectivity index (χ0v) is 20.1. The summed E-state index contributed by atoms with van der Waals surface area (Å²) in [5.74, 6) is -1.79. The highest BCUT2D eigenvalue weighted by Gasteiger charge is 2.40. The van der Waals surface area contributed by atoms with Gasteiger partial charge in [0.1, 0.15) is 17.9 Å². The molecule has 1 aromatic carbocycles. The summed E-state index contributed by atoms with van der Waals surface area (Å²) in [6.45, 7) is 8.05. The van der Waals surface area contributed by atoms with Crippen molar-refractivity contribution in [2.45, 2.75) is 59.1 Å². The van der Waals surface area contributed by atoms with Gasteiger partial charge < -0.3 is 20.1 Å². The normalized spacial score (nSPS) is 18.2. The van der Waals surface area contributed by atoms with E-state index in [-0.39, 0.29) is 24.9 Å². The van der Waals surface area contributed by atoms with Crippen molar-refractivity contribution in [3.8, 4) is 5.75 Å². The topological polar surface area (TPSA) is 126 Å². The first kappa shape index (κ1) is 26.6. The first-order valence-corrected chi connectivity index (χ1v) is 11.4. The van der Waals surface area contributed by atoms with Crippen LogP contribution in [0.2, 0.25) is 0 Å². The van der Waals surface area contributed by atoms with Gasteiger partial charge in [-0.15, -0.1) is 0 Å². The molecule has 1 unspecified atom stereocenters. The van der Waals surface area contributed by atoms with Crippen LogP contribution in [-0.2, 0) is 25.5 Å². The van der Waals surface area contributed by atoms with Gasteiger partial charge in [-0.25, -0.2) is 5.48 Å². The lowest BCUT2D eigenvalue weighted by molar-refractivity contribution is -0.152. The van der Waals surface area contributed by atoms with Gasteiger partial charge in [0.05, 0.1) is 12.5 Å². The lowest BCUT2D eigenvalue weighted by Crippen LogP contribution is -2.56. The molecule has 2 rings (SSSR count). The summed E-state index contributed by atoms with van der Waals surface area (Å²) in [6.07, 6.45) is 0.385. The molecule has 0 saturated heterocycles. The van der Waals surface area contributed by atoms with Gasteiger partial charge >= 0.3 is 0 Å². The van der Waals surface area contributed by atoms with Crippen molar-refractivity contribution in [1.82, 2.24) is 16.1 Å². The van der Waals surface area contributed by atoms with Crippen LogP contribution < -0.4 is 20.9 Å². The molecule has 0 spiro atoms. The predicted molar refractivity (Wildman–Crippen MR) is 123 cm³/mol. The van der Waals surface area contributed by atoms with E-state index in [4.69, 9.17) is 9.47 Å². The Hall–Kier alpha value is -2.65. The molecule has 0 radical (unpaired) electrons. The highest BCUT2D eigenvalue weighted by atomic mass is 16.5. The Bertz CT molecular complexity index is 823. The predicted octanol–water partition coefficient (Wildman–Crippen LogP) is 1.82. The molecule has 1 aromatic rings. The Morgan fingerprint density at radius 2 is 1.88 bits per heavy atom. The van der Waals surface area contributed by atoms with Gasteiger partial charge in [-0.1, -0.05) is 45.9 Å². The number of carbonyl (C=O) groups is 3. The maximum Gasteiger partial charge on any atom is 0.273 e. The van der Waals surface area contributed by atoms with E-state index in [2.05, 4.69) is 10.6 Å². The third kappa shape index (κ3) is 7.17. The van der Waals surface area contributed by atoms with E-state index in [9.17, 15) is 19.6 Å². The standard InChI is InChI=1S/C24H37N3O6/c1-6-11-32-19(22(29)27-31)17(21(28)26-20(23(30)25-5)24(2,3)4)13-15-12-16-9-7-8-10-18(16)33-14-15/h7-10,15,17,19-20,31H,6,11-14H2,1-5H3,(H,25,30)(H,26,28)(H,27,29)/t15?,17-,19+,20-/m1/s1. The fraction of sp³-hybridized carbons (Fsp3) is 0.625. The van der Waals surface area contributed by atoms with Crippen LogP contribution in [0.5, 0.6) is 5.75 Å². The van der Waals surface area contributed by atoms with Gasteiger partial charge in [-0.2, -0.15) is 0 Å². The number of ether oxygens (including phenoxy) is 2. The molecule has 33 heavy (non-hydrogen) atoms. The van der Waals surface area contributed by atoms with Crippen molar-refractivity contribution in [2.75, 3.05) is 20.3 Å². The Morgan fingerprint density at radius 1 is 1.18 bits per heavy atom. The molecular weight excluding hydrogens is 426 g/mol. The van der Waals surface area contributed by atoms with Crippen molar-refractivity contribution in [3.63, 3.8) is 0 Å². The second kappa shape index (κ2) is 12.0. The van der Waals surface area contributed by atoms with Gasteiger partial charge in [0.2, 0.25) is 11.8 Å². The smallest absolute Gasteiger partial charge is 0.273 e. The summed E-state index contributed by atoms with van der Waals surface area (Å²) in [6, 6.07) is 6.90. The number of carbonyl (C=O) groups excluding carboxylic acids is 3. The Balaban J connectivity index is 2.31. The molecule has 4 N–H and O–H groups in total. The number of nitrogens with one attached hydrogen (secondary N) is 3. The van der Waals surface area contributed by atoms with Gasteiger partial charge in [0.25, 0.3) is 5.91 Å². The van der Waals surface area contributed by atoms with Crippen molar-refractivity contribution < 1.29 is 29.1 Å². The number of hydrogen-bond acceptors (Lipinski definition) is 6. The number of fused-ring (bicyclic) bond motifs is 1. The van der Waals surface area contributed by atoms with Gasteiger partial charge in [0.15, 0.2) is 0 Å². The second-order valence-electron chi connectivity index (χ2n) is 9.52. The summed E-state index contributed by atoms with van der Waals surface area (Å²) in [7, 11) is 1.51. The van der Waals surface area contributed by atoms with E-state index in [1.165, 1.54) is 7.05 Å². The Labute approximate surface area is 195 Å². The number of hydrogen-bond donors (Lipinski definition) is 4. The van der Waals surface area contributed by atoms with Crippen molar-refractivity contribution in [2.24, 2.45) is 17.3 Å². The molecule has 3 amide bonds. The molecule has 1 aliphatic heterocycles. The molecule has 4 atom stereocenters. The van der Waals surface area contributed by atoms with Crippen LogP contribution in [0.15, 0.2) is 24.3 Å². The summed E-state index contributed by atoms with van der Waals surface area (Å²) in [5, 5.41) is 14.7. The van der Waals surface area contributed by atoms with E-state index in [0.717, 1.165) is 11.3 Å². The molecule has 0 aliphatic carbocycles. The van der Waals surface area contributed by atoms with Crippen LogP contribution >= 0.6 is 0 Å². The Morgan fingerprint density at radius 3 is 2.48 bits per heavy atom. The van der Waals surface area contributed by atoms with Gasteiger partial charge in [0, 0.05) is 13.7 Å². The Kier molecular flexibility index (Phi) is 9.67. The maximum atomic E-state index is 13.5. The third-order valence-electron chi connectivity index (χ3n) is 5.78. The maximum absolute atomic E-state index is 13.5. The number of likely N-dealkylation sites (N-methyl/N-ethyl adjacent to an activating group) is 1. The molecule has 1 aliphatic rings. The van der Waals surface area contributed by atoms with Crippen LogP contribution in [0.25, 0.3) is 0 Å². The lowest BCUT2D eigenvalue weighted by Gasteiger charge is -2.34.